The molecule has 7 nitrogen and oxygen atoms in total. The van der Waals surface area contributed by atoms with Crippen molar-refractivity contribution in [1.29, 1.82) is 0 Å². The Bertz CT molecular complexity index is 894. The Kier molecular flexibility index (Phi) is 4.05. The van der Waals surface area contributed by atoms with Crippen LogP contribution in [-0.4, -0.2) is 40.8 Å². The van der Waals surface area contributed by atoms with Crippen LogP contribution in [0.2, 0.25) is 0 Å². The second-order valence-corrected chi connectivity index (χ2v) is 5.97. The normalized spacial score (nSPS) is 17.2. The fraction of sp³-hybridized carbons (Fsp3) is 0.333. The zero-order chi connectivity index (χ0) is 17.2. The van der Waals surface area contributed by atoms with Crippen LogP contribution in [0.25, 0.3) is 11.1 Å². The molecule has 0 amide bonds. The number of nitrogens with zero attached hydrogens (tertiary/aromatic N) is 4. The number of anilines is 1. The van der Waals surface area contributed by atoms with Gasteiger partial charge in [0, 0.05) is 19.0 Å². The number of carbonyl (C=O) groups excluding carboxylic acids is 1. The van der Waals surface area contributed by atoms with Crippen molar-refractivity contribution in [3.05, 3.63) is 47.9 Å². The molecule has 4 rings (SSSR count). The number of benzene rings is 1. The summed E-state index contributed by atoms with van der Waals surface area (Å²) < 4.78 is 10.3. The Morgan fingerprint density at radius 2 is 2.16 bits per heavy atom. The number of ether oxygens (including phenoxy) is 1. The highest BCUT2D eigenvalue weighted by Crippen LogP contribution is 2.34. The minimum absolute atomic E-state index is 0.135. The molecule has 1 fully saturated rings. The molecule has 0 aliphatic carbocycles. The van der Waals surface area contributed by atoms with Gasteiger partial charge in [-0.2, -0.15) is 4.98 Å². The summed E-state index contributed by atoms with van der Waals surface area (Å²) in [5.41, 5.74) is 1.75. The molecule has 1 unspecified atom stereocenters. The molecule has 1 saturated heterocycles. The number of carbonyl (C=O) groups is 1. The van der Waals surface area contributed by atoms with Crippen LogP contribution in [0.1, 0.15) is 35.3 Å². The molecule has 1 aromatic carbocycles. The molecule has 0 spiro atoms. The third-order valence-electron chi connectivity index (χ3n) is 4.48. The molecule has 0 bridgehead atoms. The summed E-state index contributed by atoms with van der Waals surface area (Å²) in [6.45, 7) is 3.70. The molecule has 1 aliphatic heterocycles. The van der Waals surface area contributed by atoms with Crippen LogP contribution in [-0.2, 0) is 4.74 Å². The van der Waals surface area contributed by atoms with Crippen LogP contribution in [0.3, 0.4) is 0 Å². The lowest BCUT2D eigenvalue weighted by Gasteiger charge is -2.18. The number of rotatable bonds is 4. The van der Waals surface area contributed by atoms with Gasteiger partial charge in [0.1, 0.15) is 17.5 Å². The Morgan fingerprint density at radius 3 is 2.96 bits per heavy atom. The van der Waals surface area contributed by atoms with Crippen LogP contribution in [0.4, 0.5) is 5.82 Å². The lowest BCUT2D eigenvalue weighted by atomic mass is 9.99. The van der Waals surface area contributed by atoms with Crippen molar-refractivity contribution in [2.75, 3.05) is 24.6 Å². The van der Waals surface area contributed by atoms with Gasteiger partial charge >= 0.3 is 5.97 Å². The predicted octanol–water partition coefficient (Wildman–Crippen LogP) is 2.79. The first-order valence-electron chi connectivity index (χ1n) is 8.35. The van der Waals surface area contributed by atoms with Gasteiger partial charge in [-0.15, -0.1) is 0 Å². The van der Waals surface area contributed by atoms with E-state index in [1.165, 1.54) is 11.9 Å². The van der Waals surface area contributed by atoms with E-state index in [-0.39, 0.29) is 12.3 Å². The van der Waals surface area contributed by atoms with Gasteiger partial charge < -0.3 is 14.2 Å². The fourth-order valence-corrected chi connectivity index (χ4v) is 3.30. The van der Waals surface area contributed by atoms with E-state index >= 15 is 0 Å². The molecule has 0 radical (unpaired) electrons. The van der Waals surface area contributed by atoms with Crippen LogP contribution in [0, 0.1) is 0 Å². The van der Waals surface area contributed by atoms with Gasteiger partial charge in [-0.3, -0.25) is 0 Å². The maximum absolute atomic E-state index is 12.2. The average Bonchev–Trinajstić information content (AvgIpc) is 3.30. The highest BCUT2D eigenvalue weighted by atomic mass is 16.5. The molecule has 3 aromatic rings. The van der Waals surface area contributed by atoms with Crippen molar-refractivity contribution in [2.45, 2.75) is 19.3 Å². The lowest BCUT2D eigenvalue weighted by Crippen LogP contribution is -2.21. The standard InChI is InChI=1S/C18H18N4O3/c1-2-24-18(23)15-14-16(19-11-20-17(14)25-21-15)22-9-8-13(10-22)12-6-4-3-5-7-12/h3-7,11,13H,2,8-10H2,1H3. The summed E-state index contributed by atoms with van der Waals surface area (Å²) in [5, 5.41) is 4.37. The zero-order valence-electron chi connectivity index (χ0n) is 13.9. The summed E-state index contributed by atoms with van der Waals surface area (Å²) in [6, 6.07) is 10.4. The van der Waals surface area contributed by atoms with Crippen LogP contribution in [0.15, 0.2) is 41.2 Å². The summed E-state index contributed by atoms with van der Waals surface area (Å²) in [4.78, 5) is 22.8. The molecular weight excluding hydrogens is 320 g/mol. The van der Waals surface area contributed by atoms with Gasteiger partial charge in [-0.05, 0) is 18.9 Å². The number of aromatic nitrogens is 3. The van der Waals surface area contributed by atoms with Crippen molar-refractivity contribution in [2.24, 2.45) is 0 Å². The van der Waals surface area contributed by atoms with Crippen LogP contribution in [0.5, 0.6) is 0 Å². The van der Waals surface area contributed by atoms with Crippen molar-refractivity contribution in [3.8, 4) is 0 Å². The minimum atomic E-state index is -0.517. The SMILES string of the molecule is CCOC(=O)c1noc2ncnc(N3CCC(c4ccccc4)C3)c12. The molecule has 7 heteroatoms. The van der Waals surface area contributed by atoms with Crippen molar-refractivity contribution in [1.82, 2.24) is 15.1 Å². The van der Waals surface area contributed by atoms with E-state index in [0.717, 1.165) is 19.5 Å². The van der Waals surface area contributed by atoms with Gasteiger partial charge in [0.25, 0.3) is 5.71 Å². The Hall–Kier alpha value is -2.96. The summed E-state index contributed by atoms with van der Waals surface area (Å²) in [6.07, 6.45) is 2.46. The van der Waals surface area contributed by atoms with Crippen molar-refractivity contribution in [3.63, 3.8) is 0 Å². The Labute approximate surface area is 144 Å². The van der Waals surface area contributed by atoms with E-state index in [1.807, 2.05) is 6.07 Å². The monoisotopic (exact) mass is 338 g/mol. The van der Waals surface area contributed by atoms with Gasteiger partial charge in [0.2, 0.25) is 5.69 Å². The highest BCUT2D eigenvalue weighted by Gasteiger charge is 2.30. The number of esters is 1. The number of fused-ring (bicyclic) bond motifs is 1. The minimum Gasteiger partial charge on any atom is -0.461 e. The molecule has 25 heavy (non-hydrogen) atoms. The van der Waals surface area contributed by atoms with Crippen LogP contribution < -0.4 is 4.90 Å². The van der Waals surface area contributed by atoms with E-state index in [1.54, 1.807) is 6.92 Å². The topological polar surface area (TPSA) is 81.3 Å². The molecule has 3 heterocycles. The number of hydrogen-bond donors (Lipinski definition) is 0. The maximum Gasteiger partial charge on any atom is 0.361 e. The first kappa shape index (κ1) is 15.6. The molecule has 1 atom stereocenters. The van der Waals surface area contributed by atoms with Gasteiger partial charge in [-0.1, -0.05) is 35.5 Å². The molecule has 0 saturated carbocycles. The molecule has 0 N–H and O–H groups in total. The quantitative estimate of drug-likeness (QED) is 0.677. The first-order valence-corrected chi connectivity index (χ1v) is 8.35. The van der Waals surface area contributed by atoms with Crippen molar-refractivity contribution < 1.29 is 14.1 Å². The third-order valence-corrected chi connectivity index (χ3v) is 4.48. The molecular formula is C18H18N4O3. The van der Waals surface area contributed by atoms with Gasteiger partial charge in [0.05, 0.1) is 6.61 Å². The van der Waals surface area contributed by atoms with E-state index < -0.39 is 5.97 Å². The molecule has 1 aliphatic rings. The highest BCUT2D eigenvalue weighted by molar-refractivity contribution is 6.04. The molecule has 128 valence electrons. The lowest BCUT2D eigenvalue weighted by molar-refractivity contribution is 0.0517. The van der Waals surface area contributed by atoms with E-state index in [2.05, 4.69) is 44.3 Å². The van der Waals surface area contributed by atoms with Crippen molar-refractivity contribution >= 4 is 22.9 Å². The average molecular weight is 338 g/mol. The summed E-state index contributed by atoms with van der Waals surface area (Å²) in [5.74, 6) is 0.584. The second kappa shape index (κ2) is 6.51. The molecule has 2 aromatic heterocycles. The predicted molar refractivity (Wildman–Crippen MR) is 91.6 cm³/mol. The fourth-order valence-electron chi connectivity index (χ4n) is 3.30. The summed E-state index contributed by atoms with van der Waals surface area (Å²) in [7, 11) is 0. The zero-order valence-corrected chi connectivity index (χ0v) is 13.9. The third kappa shape index (κ3) is 2.82. The van der Waals surface area contributed by atoms with Crippen LogP contribution >= 0.6 is 0 Å². The smallest absolute Gasteiger partial charge is 0.361 e. The Balaban J connectivity index is 1.68. The Morgan fingerprint density at radius 1 is 1.32 bits per heavy atom. The number of hydrogen-bond acceptors (Lipinski definition) is 7. The first-order chi connectivity index (χ1) is 12.3. The summed E-state index contributed by atoms with van der Waals surface area (Å²) >= 11 is 0. The maximum atomic E-state index is 12.2. The largest absolute Gasteiger partial charge is 0.461 e. The second-order valence-electron chi connectivity index (χ2n) is 5.97. The van der Waals surface area contributed by atoms with Gasteiger partial charge in [0.15, 0.2) is 0 Å². The van der Waals surface area contributed by atoms with Gasteiger partial charge in [-0.25, -0.2) is 9.78 Å². The van der Waals surface area contributed by atoms with E-state index in [9.17, 15) is 4.79 Å². The van der Waals surface area contributed by atoms with E-state index in [4.69, 9.17) is 9.26 Å². The van der Waals surface area contributed by atoms with E-state index in [0.29, 0.717) is 22.8 Å².